The highest BCUT2D eigenvalue weighted by molar-refractivity contribution is 5.29. The van der Waals surface area contributed by atoms with E-state index < -0.39 is 0 Å². The number of hydrogen-bond donors (Lipinski definition) is 1. The zero-order valence-electron chi connectivity index (χ0n) is 10.4. The first-order chi connectivity index (χ1) is 7.61. The standard InChI is InChI=1S/C11H20N4O/c1-7-5-8(2)15(6-7)11-14-13-10(16-11)9(3)12-4/h7-9,12H,5-6H2,1-4H3. The van der Waals surface area contributed by atoms with E-state index in [1.165, 1.54) is 6.42 Å². The zero-order valence-corrected chi connectivity index (χ0v) is 10.4. The van der Waals surface area contributed by atoms with E-state index in [9.17, 15) is 0 Å². The van der Waals surface area contributed by atoms with Crippen molar-refractivity contribution in [3.63, 3.8) is 0 Å². The summed E-state index contributed by atoms with van der Waals surface area (Å²) in [6.45, 7) is 7.48. The SMILES string of the molecule is CNC(C)c1nnc(N2CC(C)CC2C)o1. The molecule has 0 aromatic carbocycles. The molecule has 3 atom stereocenters. The molecule has 5 heteroatoms. The Morgan fingerprint density at radius 2 is 2.19 bits per heavy atom. The van der Waals surface area contributed by atoms with Crippen LogP contribution < -0.4 is 10.2 Å². The van der Waals surface area contributed by atoms with Crippen LogP contribution in [0.5, 0.6) is 0 Å². The van der Waals surface area contributed by atoms with E-state index in [0.717, 1.165) is 6.54 Å². The summed E-state index contributed by atoms with van der Waals surface area (Å²) < 4.78 is 5.68. The lowest BCUT2D eigenvalue weighted by Crippen LogP contribution is -2.26. The van der Waals surface area contributed by atoms with Crippen molar-refractivity contribution in [3.05, 3.63) is 5.89 Å². The summed E-state index contributed by atoms with van der Waals surface area (Å²) in [6.07, 6.45) is 1.19. The number of aromatic nitrogens is 2. The fourth-order valence-electron chi connectivity index (χ4n) is 2.21. The first-order valence-electron chi connectivity index (χ1n) is 5.89. The van der Waals surface area contributed by atoms with E-state index in [4.69, 9.17) is 4.42 Å². The van der Waals surface area contributed by atoms with Crippen LogP contribution in [0.15, 0.2) is 4.42 Å². The molecule has 0 aliphatic carbocycles. The van der Waals surface area contributed by atoms with Crippen molar-refractivity contribution >= 4 is 6.01 Å². The Bertz CT molecular complexity index is 352. The van der Waals surface area contributed by atoms with Gasteiger partial charge in [0, 0.05) is 12.6 Å². The Labute approximate surface area is 96.2 Å². The largest absolute Gasteiger partial charge is 0.406 e. The zero-order chi connectivity index (χ0) is 11.7. The molecule has 1 N–H and O–H groups in total. The lowest BCUT2D eigenvalue weighted by Gasteiger charge is -2.17. The summed E-state index contributed by atoms with van der Waals surface area (Å²) in [4.78, 5) is 2.20. The second-order valence-electron chi connectivity index (χ2n) is 4.78. The van der Waals surface area contributed by atoms with Crippen molar-refractivity contribution < 1.29 is 4.42 Å². The summed E-state index contributed by atoms with van der Waals surface area (Å²) in [5, 5.41) is 11.3. The van der Waals surface area contributed by atoms with Crippen LogP contribution in [0, 0.1) is 5.92 Å². The van der Waals surface area contributed by atoms with Crippen molar-refractivity contribution in [3.8, 4) is 0 Å². The van der Waals surface area contributed by atoms with E-state index >= 15 is 0 Å². The van der Waals surface area contributed by atoms with Gasteiger partial charge < -0.3 is 14.6 Å². The van der Waals surface area contributed by atoms with Gasteiger partial charge >= 0.3 is 6.01 Å². The summed E-state index contributed by atoms with van der Waals surface area (Å²) in [5.74, 6) is 1.36. The molecule has 1 saturated heterocycles. The Balaban J connectivity index is 2.13. The molecule has 3 unspecified atom stereocenters. The summed E-state index contributed by atoms with van der Waals surface area (Å²) >= 11 is 0. The summed E-state index contributed by atoms with van der Waals surface area (Å²) in [7, 11) is 1.88. The van der Waals surface area contributed by atoms with Crippen molar-refractivity contribution in [2.45, 2.75) is 39.3 Å². The Hall–Kier alpha value is -1.10. The van der Waals surface area contributed by atoms with Gasteiger partial charge in [-0.25, -0.2) is 0 Å². The minimum atomic E-state index is 0.108. The third kappa shape index (κ3) is 2.04. The maximum Gasteiger partial charge on any atom is 0.318 e. The molecule has 0 saturated carbocycles. The highest BCUT2D eigenvalue weighted by Crippen LogP contribution is 2.28. The Morgan fingerprint density at radius 1 is 1.44 bits per heavy atom. The third-order valence-corrected chi connectivity index (χ3v) is 3.26. The topological polar surface area (TPSA) is 54.2 Å². The van der Waals surface area contributed by atoms with Gasteiger partial charge in [0.1, 0.15) is 0 Å². The summed E-state index contributed by atoms with van der Waals surface area (Å²) in [6, 6.07) is 1.26. The quantitative estimate of drug-likeness (QED) is 0.845. The number of rotatable bonds is 3. The molecular formula is C11H20N4O. The molecule has 1 aliphatic rings. The summed E-state index contributed by atoms with van der Waals surface area (Å²) in [5.41, 5.74) is 0. The van der Waals surface area contributed by atoms with Gasteiger partial charge in [-0.1, -0.05) is 12.0 Å². The van der Waals surface area contributed by atoms with Crippen LogP contribution >= 0.6 is 0 Å². The van der Waals surface area contributed by atoms with Gasteiger partial charge in [0.2, 0.25) is 5.89 Å². The molecule has 1 aliphatic heterocycles. The van der Waals surface area contributed by atoms with Crippen molar-refractivity contribution in [2.75, 3.05) is 18.5 Å². The molecular weight excluding hydrogens is 204 g/mol. The van der Waals surface area contributed by atoms with Crippen molar-refractivity contribution in [1.29, 1.82) is 0 Å². The van der Waals surface area contributed by atoms with E-state index in [1.54, 1.807) is 0 Å². The fraction of sp³-hybridized carbons (Fsp3) is 0.818. The van der Waals surface area contributed by atoms with E-state index in [1.807, 2.05) is 14.0 Å². The Morgan fingerprint density at radius 3 is 2.75 bits per heavy atom. The van der Waals surface area contributed by atoms with Gasteiger partial charge in [0.25, 0.3) is 0 Å². The van der Waals surface area contributed by atoms with Gasteiger partial charge in [-0.05, 0) is 33.2 Å². The molecule has 2 rings (SSSR count). The minimum absolute atomic E-state index is 0.108. The van der Waals surface area contributed by atoms with Crippen LogP contribution in [-0.4, -0.2) is 29.8 Å². The number of hydrogen-bond acceptors (Lipinski definition) is 5. The second-order valence-corrected chi connectivity index (χ2v) is 4.78. The lowest BCUT2D eigenvalue weighted by molar-refractivity contribution is 0.428. The molecule has 0 amide bonds. The first kappa shape index (κ1) is 11.4. The van der Waals surface area contributed by atoms with Gasteiger partial charge in [0.15, 0.2) is 0 Å². The molecule has 1 fully saturated rings. The van der Waals surface area contributed by atoms with E-state index in [-0.39, 0.29) is 6.04 Å². The highest BCUT2D eigenvalue weighted by Gasteiger charge is 2.30. The number of nitrogens with zero attached hydrogens (tertiary/aromatic N) is 3. The predicted octanol–water partition coefficient (Wildman–Crippen LogP) is 1.58. The fourth-order valence-corrected chi connectivity index (χ4v) is 2.21. The van der Waals surface area contributed by atoms with Gasteiger partial charge in [0.05, 0.1) is 6.04 Å². The van der Waals surface area contributed by atoms with Gasteiger partial charge in [-0.3, -0.25) is 0 Å². The number of anilines is 1. The maximum absolute atomic E-state index is 5.68. The lowest BCUT2D eigenvalue weighted by atomic mass is 10.1. The number of nitrogens with one attached hydrogen (secondary N) is 1. The molecule has 2 heterocycles. The molecule has 1 aromatic rings. The average Bonchev–Trinajstić information content (AvgIpc) is 2.83. The highest BCUT2D eigenvalue weighted by atomic mass is 16.4. The third-order valence-electron chi connectivity index (χ3n) is 3.26. The van der Waals surface area contributed by atoms with Crippen LogP contribution in [0.4, 0.5) is 6.01 Å². The molecule has 90 valence electrons. The molecule has 1 aromatic heterocycles. The van der Waals surface area contributed by atoms with E-state index in [0.29, 0.717) is 23.9 Å². The van der Waals surface area contributed by atoms with Gasteiger partial charge in [-0.15, -0.1) is 5.10 Å². The molecule has 0 radical (unpaired) electrons. The minimum Gasteiger partial charge on any atom is -0.406 e. The smallest absolute Gasteiger partial charge is 0.318 e. The van der Waals surface area contributed by atoms with Crippen molar-refractivity contribution in [2.24, 2.45) is 5.92 Å². The van der Waals surface area contributed by atoms with Crippen LogP contribution in [0.25, 0.3) is 0 Å². The normalized spacial score (nSPS) is 27.4. The van der Waals surface area contributed by atoms with E-state index in [2.05, 4.69) is 34.3 Å². The first-order valence-corrected chi connectivity index (χ1v) is 5.89. The molecule has 5 nitrogen and oxygen atoms in total. The molecule has 16 heavy (non-hydrogen) atoms. The average molecular weight is 224 g/mol. The molecule has 0 bridgehead atoms. The van der Waals surface area contributed by atoms with Crippen LogP contribution in [0.3, 0.4) is 0 Å². The maximum atomic E-state index is 5.68. The van der Waals surface area contributed by atoms with Gasteiger partial charge in [-0.2, -0.15) is 0 Å². The van der Waals surface area contributed by atoms with Crippen LogP contribution in [0.2, 0.25) is 0 Å². The monoisotopic (exact) mass is 224 g/mol. The molecule has 0 spiro atoms. The van der Waals surface area contributed by atoms with Crippen LogP contribution in [-0.2, 0) is 0 Å². The Kier molecular flexibility index (Phi) is 3.14. The predicted molar refractivity (Wildman–Crippen MR) is 62.4 cm³/mol. The second kappa shape index (κ2) is 4.41. The van der Waals surface area contributed by atoms with Crippen LogP contribution in [0.1, 0.15) is 39.1 Å². The van der Waals surface area contributed by atoms with Crippen molar-refractivity contribution in [1.82, 2.24) is 15.5 Å².